The number of ketones is 1. The number of halogens is 2. The van der Waals surface area contributed by atoms with Gasteiger partial charge in [0.1, 0.15) is 6.10 Å². The van der Waals surface area contributed by atoms with Gasteiger partial charge in [-0.3, -0.25) is 14.2 Å². The lowest BCUT2D eigenvalue weighted by atomic mass is 10.0. The highest BCUT2D eigenvalue weighted by Crippen LogP contribution is 2.17. The van der Waals surface area contributed by atoms with Gasteiger partial charge in [-0.15, -0.1) is 0 Å². The number of aliphatic hydroxyl groups excluding tert-OH is 1. The van der Waals surface area contributed by atoms with Crippen molar-refractivity contribution in [1.29, 1.82) is 0 Å². The minimum atomic E-state index is -1.08. The molecule has 18 heavy (non-hydrogen) atoms. The van der Waals surface area contributed by atoms with Crippen molar-refractivity contribution in [3.63, 3.8) is 0 Å². The van der Waals surface area contributed by atoms with Crippen LogP contribution in [0, 0.1) is 0 Å². The predicted octanol–water partition coefficient (Wildman–Crippen LogP) is 2.91. The van der Waals surface area contributed by atoms with E-state index in [0.717, 1.165) is 0 Å². The summed E-state index contributed by atoms with van der Waals surface area (Å²) in [6, 6.07) is 17.7. The molecule has 0 saturated heterocycles. The fourth-order valence-corrected chi connectivity index (χ4v) is 1.55. The van der Waals surface area contributed by atoms with Crippen LogP contribution in [-0.2, 0) is 0 Å². The maximum absolute atomic E-state index is 11.9. The molecule has 0 aliphatic carbocycles. The van der Waals surface area contributed by atoms with Gasteiger partial charge in [-0.1, -0.05) is 60.7 Å². The first kappa shape index (κ1) is 15.9. The van der Waals surface area contributed by atoms with Crippen molar-refractivity contribution in [3.05, 3.63) is 71.8 Å². The molecule has 0 aliphatic rings. The zero-order valence-corrected chi connectivity index (χ0v) is 9.52. The molecular formula is C14H14F2O2. The summed E-state index contributed by atoms with van der Waals surface area (Å²) < 4.78 is 0. The molecule has 4 heteroatoms. The molecule has 1 atom stereocenters. The zero-order valence-electron chi connectivity index (χ0n) is 9.52. The largest absolute Gasteiger partial charge is 0.380 e. The summed E-state index contributed by atoms with van der Waals surface area (Å²) in [6.45, 7) is 0. The smallest absolute Gasteiger partial charge is 0.195 e. The summed E-state index contributed by atoms with van der Waals surface area (Å²) in [6.07, 6.45) is -1.08. The lowest BCUT2D eigenvalue weighted by Gasteiger charge is -2.09. The molecule has 0 fully saturated rings. The van der Waals surface area contributed by atoms with Crippen LogP contribution in [0.3, 0.4) is 0 Å². The number of carbonyl (C=O) groups is 1. The third kappa shape index (κ3) is 3.46. The number of rotatable bonds is 3. The monoisotopic (exact) mass is 252 g/mol. The van der Waals surface area contributed by atoms with Crippen LogP contribution in [0.5, 0.6) is 0 Å². The Hall–Kier alpha value is -2.07. The van der Waals surface area contributed by atoms with Crippen LogP contribution in [0.4, 0.5) is 9.41 Å². The maximum atomic E-state index is 11.9. The molecule has 0 spiro atoms. The number of hydrogen-bond donors (Lipinski definition) is 1. The van der Waals surface area contributed by atoms with Gasteiger partial charge in [-0.05, 0) is 5.56 Å². The Balaban J connectivity index is 0.00000144. The first-order chi connectivity index (χ1) is 7.79. The average Bonchev–Trinajstić information content (AvgIpc) is 2.39. The number of carbonyl (C=O) groups excluding carboxylic acids is 1. The molecular weight excluding hydrogens is 238 g/mol. The average molecular weight is 252 g/mol. The number of benzene rings is 2. The fourth-order valence-electron chi connectivity index (χ4n) is 1.55. The highest BCUT2D eigenvalue weighted by Gasteiger charge is 2.18. The summed E-state index contributed by atoms with van der Waals surface area (Å²) >= 11 is 0. The van der Waals surface area contributed by atoms with Crippen LogP contribution in [-0.4, -0.2) is 10.9 Å². The molecule has 1 unspecified atom stereocenters. The van der Waals surface area contributed by atoms with Crippen LogP contribution >= 0.6 is 0 Å². The summed E-state index contributed by atoms with van der Waals surface area (Å²) in [5.41, 5.74) is 1.15. The molecule has 0 radical (unpaired) electrons. The van der Waals surface area contributed by atoms with E-state index in [1.807, 2.05) is 12.1 Å². The molecule has 2 aromatic rings. The van der Waals surface area contributed by atoms with E-state index in [2.05, 4.69) is 0 Å². The summed E-state index contributed by atoms with van der Waals surface area (Å²) in [7, 11) is 0. The second-order valence-corrected chi connectivity index (χ2v) is 3.54. The van der Waals surface area contributed by atoms with Crippen molar-refractivity contribution in [2.24, 2.45) is 0 Å². The van der Waals surface area contributed by atoms with Crippen molar-refractivity contribution >= 4 is 5.78 Å². The molecule has 0 aromatic heterocycles. The number of hydrogen-bond acceptors (Lipinski definition) is 2. The van der Waals surface area contributed by atoms with Gasteiger partial charge in [0.25, 0.3) is 0 Å². The Morgan fingerprint density at radius 3 is 1.78 bits per heavy atom. The van der Waals surface area contributed by atoms with E-state index in [-0.39, 0.29) is 15.2 Å². The topological polar surface area (TPSA) is 37.3 Å². The minimum Gasteiger partial charge on any atom is -0.380 e. The van der Waals surface area contributed by atoms with E-state index in [9.17, 15) is 9.90 Å². The second-order valence-electron chi connectivity index (χ2n) is 3.54. The van der Waals surface area contributed by atoms with Crippen LogP contribution in [0.1, 0.15) is 22.0 Å². The van der Waals surface area contributed by atoms with Gasteiger partial charge in [0.15, 0.2) is 5.78 Å². The zero-order chi connectivity index (χ0) is 11.4. The van der Waals surface area contributed by atoms with Crippen molar-refractivity contribution in [2.45, 2.75) is 6.10 Å². The Labute approximate surface area is 104 Å². The van der Waals surface area contributed by atoms with Gasteiger partial charge in [-0.25, -0.2) is 0 Å². The molecule has 0 aliphatic heterocycles. The Bertz CT molecular complexity index is 472. The molecule has 0 saturated carbocycles. The van der Waals surface area contributed by atoms with Crippen molar-refractivity contribution < 1.29 is 19.3 Å². The quantitative estimate of drug-likeness (QED) is 0.853. The first-order valence-electron chi connectivity index (χ1n) is 5.11. The molecule has 0 heterocycles. The van der Waals surface area contributed by atoms with Crippen LogP contribution in [0.25, 0.3) is 0 Å². The fraction of sp³-hybridized carbons (Fsp3) is 0.0714. The maximum Gasteiger partial charge on any atom is 0.195 e. The Morgan fingerprint density at radius 1 is 0.833 bits per heavy atom. The third-order valence-corrected chi connectivity index (χ3v) is 2.42. The Morgan fingerprint density at radius 2 is 1.28 bits per heavy atom. The van der Waals surface area contributed by atoms with Gasteiger partial charge in [0.2, 0.25) is 0 Å². The summed E-state index contributed by atoms with van der Waals surface area (Å²) in [5, 5.41) is 9.89. The molecule has 2 nitrogen and oxygen atoms in total. The molecule has 96 valence electrons. The summed E-state index contributed by atoms with van der Waals surface area (Å²) in [5.74, 6) is -0.271. The lowest BCUT2D eigenvalue weighted by molar-refractivity contribution is 0.0747. The highest BCUT2D eigenvalue weighted by molar-refractivity contribution is 5.99. The number of Topliss-reactive ketones (excluding diaryl/α,β-unsaturated/α-hetero) is 1. The summed E-state index contributed by atoms with van der Waals surface area (Å²) in [4.78, 5) is 11.9. The normalized spacial score (nSPS) is 10.7. The van der Waals surface area contributed by atoms with Crippen LogP contribution in [0.15, 0.2) is 60.7 Å². The second kappa shape index (κ2) is 7.29. The Kier molecular flexibility index (Phi) is 6.45. The molecule has 1 N–H and O–H groups in total. The lowest BCUT2D eigenvalue weighted by Crippen LogP contribution is -2.11. The molecule has 0 bridgehead atoms. The molecule has 2 rings (SSSR count). The van der Waals surface area contributed by atoms with E-state index in [1.165, 1.54) is 0 Å². The van der Waals surface area contributed by atoms with Gasteiger partial charge in [0, 0.05) is 5.56 Å². The van der Waals surface area contributed by atoms with E-state index < -0.39 is 6.10 Å². The van der Waals surface area contributed by atoms with Crippen molar-refractivity contribution in [3.8, 4) is 0 Å². The predicted molar refractivity (Wildman–Crippen MR) is 67.2 cm³/mol. The SMILES string of the molecule is F.F.O=C(c1ccccc1)C(O)c1ccccc1. The standard InChI is InChI=1S/C14H12O2.2FH/c15-13(11-7-3-1-4-8-11)14(16)12-9-5-2-6-10-12;;/h1-10,13,15H;2*1H. The van der Waals surface area contributed by atoms with Gasteiger partial charge >= 0.3 is 0 Å². The van der Waals surface area contributed by atoms with Crippen LogP contribution < -0.4 is 0 Å². The van der Waals surface area contributed by atoms with E-state index in [0.29, 0.717) is 11.1 Å². The van der Waals surface area contributed by atoms with Gasteiger partial charge in [-0.2, -0.15) is 0 Å². The van der Waals surface area contributed by atoms with Gasteiger partial charge < -0.3 is 5.11 Å². The van der Waals surface area contributed by atoms with E-state index >= 15 is 0 Å². The van der Waals surface area contributed by atoms with Crippen molar-refractivity contribution in [2.75, 3.05) is 0 Å². The molecule has 2 aromatic carbocycles. The van der Waals surface area contributed by atoms with Crippen molar-refractivity contribution in [1.82, 2.24) is 0 Å². The first-order valence-corrected chi connectivity index (χ1v) is 5.11. The molecule has 0 amide bonds. The van der Waals surface area contributed by atoms with Gasteiger partial charge in [0.05, 0.1) is 0 Å². The third-order valence-electron chi connectivity index (χ3n) is 2.42. The minimum absolute atomic E-state index is 0. The van der Waals surface area contributed by atoms with Crippen LogP contribution in [0.2, 0.25) is 0 Å². The van der Waals surface area contributed by atoms with E-state index in [4.69, 9.17) is 0 Å². The highest BCUT2D eigenvalue weighted by atomic mass is 19.0. The van der Waals surface area contributed by atoms with E-state index in [1.54, 1.807) is 48.5 Å². The number of aliphatic hydroxyl groups is 1.